The van der Waals surface area contributed by atoms with Gasteiger partial charge in [-0.1, -0.05) is 29.5 Å². The summed E-state index contributed by atoms with van der Waals surface area (Å²) in [4.78, 5) is 28.6. The lowest BCUT2D eigenvalue weighted by molar-refractivity contribution is -0.384. The largest absolute Gasteiger partial charge is 0.493 e. The summed E-state index contributed by atoms with van der Waals surface area (Å²) in [5, 5.41) is 10.8. The van der Waals surface area contributed by atoms with Crippen molar-refractivity contribution >= 4 is 39.1 Å². The number of rotatable bonds is 6. The Kier molecular flexibility index (Phi) is 5.23. The van der Waals surface area contributed by atoms with Gasteiger partial charge in [-0.05, 0) is 53.6 Å². The predicted molar refractivity (Wildman–Crippen MR) is 126 cm³/mol. The summed E-state index contributed by atoms with van der Waals surface area (Å²) >= 11 is 1.33. The Morgan fingerprint density at radius 1 is 1.09 bits per heavy atom. The van der Waals surface area contributed by atoms with Gasteiger partial charge < -0.3 is 9.47 Å². The normalized spacial score (nSPS) is 11.8. The maximum atomic E-state index is 13.0. The van der Waals surface area contributed by atoms with Gasteiger partial charge >= 0.3 is 0 Å². The molecule has 9 heteroatoms. The summed E-state index contributed by atoms with van der Waals surface area (Å²) in [6.45, 7) is 0.212. The molecule has 0 atom stereocenters. The van der Waals surface area contributed by atoms with Crippen molar-refractivity contribution in [1.29, 1.82) is 0 Å². The van der Waals surface area contributed by atoms with E-state index in [1.54, 1.807) is 41.9 Å². The molecular formula is C24H17N3O5S. The minimum Gasteiger partial charge on any atom is -0.493 e. The van der Waals surface area contributed by atoms with Gasteiger partial charge in [-0.15, -0.1) is 0 Å². The molecule has 5 rings (SSSR count). The zero-order valence-corrected chi connectivity index (χ0v) is 18.2. The van der Waals surface area contributed by atoms with Crippen molar-refractivity contribution in [2.45, 2.75) is 6.61 Å². The molecule has 2 heterocycles. The van der Waals surface area contributed by atoms with E-state index in [4.69, 9.17) is 9.47 Å². The van der Waals surface area contributed by atoms with Crippen molar-refractivity contribution < 1.29 is 14.4 Å². The van der Waals surface area contributed by atoms with Crippen molar-refractivity contribution in [2.24, 2.45) is 0 Å². The number of methoxy groups -OCH3 is 1. The summed E-state index contributed by atoms with van der Waals surface area (Å²) in [5.74, 6) is 1.05. The molecule has 0 bridgehead atoms. The van der Waals surface area contributed by atoms with E-state index in [2.05, 4.69) is 4.98 Å². The molecule has 0 amide bonds. The van der Waals surface area contributed by atoms with Crippen LogP contribution in [0.4, 0.5) is 5.69 Å². The van der Waals surface area contributed by atoms with Crippen LogP contribution < -0.4 is 19.6 Å². The number of nitrogens with zero attached hydrogens (tertiary/aromatic N) is 3. The van der Waals surface area contributed by atoms with Crippen LogP contribution in [0.1, 0.15) is 11.1 Å². The number of ether oxygens (including phenoxy) is 2. The zero-order valence-electron chi connectivity index (χ0n) is 17.4. The third-order valence-corrected chi connectivity index (χ3v) is 6.14. The highest BCUT2D eigenvalue weighted by atomic mass is 32.1. The minimum absolute atomic E-state index is 0.0245. The summed E-state index contributed by atoms with van der Waals surface area (Å²) in [6, 6.07) is 19.1. The van der Waals surface area contributed by atoms with Crippen LogP contribution in [0.2, 0.25) is 0 Å². The number of fused-ring (bicyclic) bond motifs is 3. The van der Waals surface area contributed by atoms with E-state index in [0.29, 0.717) is 21.0 Å². The monoisotopic (exact) mass is 459 g/mol. The van der Waals surface area contributed by atoms with E-state index in [0.717, 1.165) is 22.2 Å². The lowest BCUT2D eigenvalue weighted by atomic mass is 10.2. The number of nitro benzene ring substituents is 1. The van der Waals surface area contributed by atoms with Gasteiger partial charge in [0.05, 0.1) is 27.6 Å². The first-order chi connectivity index (χ1) is 16.0. The van der Waals surface area contributed by atoms with Crippen molar-refractivity contribution in [2.75, 3.05) is 7.11 Å². The number of aromatic nitrogens is 2. The summed E-state index contributed by atoms with van der Waals surface area (Å²) in [6.07, 6.45) is 1.80. The van der Waals surface area contributed by atoms with Gasteiger partial charge in [0.2, 0.25) is 0 Å². The fourth-order valence-corrected chi connectivity index (χ4v) is 4.52. The van der Waals surface area contributed by atoms with Crippen LogP contribution >= 0.6 is 11.3 Å². The van der Waals surface area contributed by atoms with E-state index in [9.17, 15) is 14.9 Å². The maximum absolute atomic E-state index is 13.0. The SMILES string of the molecule is COc1ccc(/C=c2\sc3nc4ccccc4n3c2=O)cc1OCc1ccc([N+](=O)[O-])cc1. The summed E-state index contributed by atoms with van der Waals surface area (Å²) in [7, 11) is 1.55. The highest BCUT2D eigenvalue weighted by Crippen LogP contribution is 2.29. The highest BCUT2D eigenvalue weighted by Gasteiger charge is 2.12. The first kappa shape index (κ1) is 20.7. The molecule has 8 nitrogen and oxygen atoms in total. The van der Waals surface area contributed by atoms with Crippen LogP contribution in [-0.2, 0) is 6.61 Å². The quantitative estimate of drug-likeness (QED) is 0.282. The lowest BCUT2D eigenvalue weighted by Gasteiger charge is -2.11. The topological polar surface area (TPSA) is 96.0 Å². The van der Waals surface area contributed by atoms with Crippen molar-refractivity contribution in [3.05, 3.63) is 103 Å². The number of benzene rings is 3. The molecule has 0 saturated carbocycles. The smallest absolute Gasteiger partial charge is 0.274 e. The number of imidazole rings is 1. The van der Waals surface area contributed by atoms with Gasteiger partial charge in [-0.25, -0.2) is 9.38 Å². The summed E-state index contributed by atoms with van der Waals surface area (Å²) < 4.78 is 13.5. The lowest BCUT2D eigenvalue weighted by Crippen LogP contribution is -2.22. The molecule has 33 heavy (non-hydrogen) atoms. The standard InChI is InChI=1S/C24H17N3O5S/c1-31-20-11-8-16(12-21(20)32-14-15-6-9-17(10-7-15)27(29)30)13-22-23(28)26-19-5-3-2-4-18(19)25-24(26)33-22/h2-13H,14H2,1H3/b22-13-. The summed E-state index contributed by atoms with van der Waals surface area (Å²) in [5.41, 5.74) is 3.05. The average Bonchev–Trinajstić information content (AvgIpc) is 3.34. The van der Waals surface area contributed by atoms with Crippen molar-refractivity contribution in [1.82, 2.24) is 9.38 Å². The Morgan fingerprint density at radius 3 is 2.64 bits per heavy atom. The number of non-ortho nitro benzene ring substituents is 1. The van der Waals surface area contributed by atoms with Gasteiger partial charge in [0.25, 0.3) is 11.2 Å². The van der Waals surface area contributed by atoms with Gasteiger partial charge in [0, 0.05) is 12.1 Å². The Balaban J connectivity index is 1.46. The first-order valence-electron chi connectivity index (χ1n) is 9.99. The Morgan fingerprint density at radius 2 is 1.88 bits per heavy atom. The number of hydrogen-bond donors (Lipinski definition) is 0. The number of thiazole rings is 1. The molecule has 0 aliphatic heterocycles. The molecule has 0 radical (unpaired) electrons. The molecule has 0 aliphatic rings. The minimum atomic E-state index is -0.443. The molecule has 0 unspecified atom stereocenters. The fraction of sp³-hybridized carbons (Fsp3) is 0.0833. The Bertz CT molecular complexity index is 1610. The van der Waals surface area contributed by atoms with Crippen LogP contribution in [0.15, 0.2) is 71.5 Å². The molecule has 0 N–H and O–H groups in total. The van der Waals surface area contributed by atoms with Crippen LogP contribution in [0.3, 0.4) is 0 Å². The van der Waals surface area contributed by atoms with Crippen LogP contribution in [0.5, 0.6) is 11.5 Å². The Hall–Kier alpha value is -4.24. The first-order valence-corrected chi connectivity index (χ1v) is 10.8. The molecule has 0 aliphatic carbocycles. The van der Waals surface area contributed by atoms with Crippen molar-refractivity contribution in [3.8, 4) is 11.5 Å². The average molecular weight is 459 g/mol. The second kappa shape index (κ2) is 8.36. The molecule has 2 aromatic heterocycles. The van der Waals surface area contributed by atoms with Crippen molar-refractivity contribution in [3.63, 3.8) is 0 Å². The van der Waals surface area contributed by atoms with Gasteiger partial charge in [-0.3, -0.25) is 14.9 Å². The zero-order chi connectivity index (χ0) is 22.9. The van der Waals surface area contributed by atoms with E-state index in [-0.39, 0.29) is 17.9 Å². The Labute approximate surface area is 191 Å². The second-order valence-electron chi connectivity index (χ2n) is 7.26. The number of hydrogen-bond acceptors (Lipinski definition) is 7. The number of nitro groups is 1. The van der Waals surface area contributed by atoms with E-state index in [1.165, 1.54) is 23.5 Å². The van der Waals surface area contributed by atoms with E-state index in [1.807, 2.05) is 30.3 Å². The van der Waals surface area contributed by atoms with Gasteiger partial charge in [-0.2, -0.15) is 0 Å². The second-order valence-corrected chi connectivity index (χ2v) is 8.27. The fourth-order valence-electron chi connectivity index (χ4n) is 3.53. The van der Waals surface area contributed by atoms with Gasteiger partial charge in [0.1, 0.15) is 6.61 Å². The number of para-hydroxylation sites is 2. The maximum Gasteiger partial charge on any atom is 0.274 e. The molecule has 164 valence electrons. The predicted octanol–water partition coefficient (Wildman–Crippen LogP) is 3.95. The highest BCUT2D eigenvalue weighted by molar-refractivity contribution is 7.15. The van der Waals surface area contributed by atoms with Crippen LogP contribution in [-0.4, -0.2) is 21.4 Å². The van der Waals surface area contributed by atoms with E-state index < -0.39 is 4.92 Å². The molecule has 0 saturated heterocycles. The molecule has 3 aromatic carbocycles. The van der Waals surface area contributed by atoms with E-state index >= 15 is 0 Å². The van der Waals surface area contributed by atoms with Crippen LogP contribution in [0, 0.1) is 10.1 Å². The molecule has 0 spiro atoms. The van der Waals surface area contributed by atoms with Gasteiger partial charge in [0.15, 0.2) is 16.5 Å². The molecule has 0 fully saturated rings. The third-order valence-electron chi connectivity index (χ3n) is 5.17. The third kappa shape index (κ3) is 3.90. The van der Waals surface area contributed by atoms with Crippen LogP contribution in [0.25, 0.3) is 22.1 Å². The molecule has 5 aromatic rings. The molecular weight excluding hydrogens is 442 g/mol.